The van der Waals surface area contributed by atoms with Crippen LogP contribution in [0.3, 0.4) is 0 Å². The summed E-state index contributed by atoms with van der Waals surface area (Å²) in [6, 6.07) is 3.88. The second kappa shape index (κ2) is 9.33. The minimum Gasteiger partial charge on any atom is -0.384 e. The SMILES string of the molecule is COCC1(CNC(=O)c2ccc(N3CCCCCC3)nc2)CCNCC1. The smallest absolute Gasteiger partial charge is 0.252 e. The van der Waals surface area contributed by atoms with Crippen molar-refractivity contribution in [3.63, 3.8) is 0 Å². The highest BCUT2D eigenvalue weighted by atomic mass is 16.5. The topological polar surface area (TPSA) is 66.5 Å². The molecule has 6 nitrogen and oxygen atoms in total. The number of nitrogens with one attached hydrogen (secondary N) is 2. The van der Waals surface area contributed by atoms with E-state index in [-0.39, 0.29) is 11.3 Å². The van der Waals surface area contributed by atoms with Gasteiger partial charge in [0.05, 0.1) is 12.2 Å². The van der Waals surface area contributed by atoms with Gasteiger partial charge in [0.1, 0.15) is 5.82 Å². The van der Waals surface area contributed by atoms with Gasteiger partial charge >= 0.3 is 0 Å². The first-order valence-electron chi connectivity index (χ1n) is 9.91. The number of amides is 1. The maximum atomic E-state index is 12.6. The van der Waals surface area contributed by atoms with Gasteiger partial charge in [0.15, 0.2) is 0 Å². The quantitative estimate of drug-likeness (QED) is 0.814. The van der Waals surface area contributed by atoms with E-state index in [1.54, 1.807) is 13.3 Å². The van der Waals surface area contributed by atoms with E-state index in [0.717, 1.165) is 44.8 Å². The zero-order valence-corrected chi connectivity index (χ0v) is 15.9. The molecule has 2 aliphatic heterocycles. The molecule has 3 heterocycles. The molecule has 2 saturated heterocycles. The fraction of sp³-hybridized carbons (Fsp3) is 0.700. The summed E-state index contributed by atoms with van der Waals surface area (Å²) in [7, 11) is 1.73. The Morgan fingerprint density at radius 1 is 1.23 bits per heavy atom. The van der Waals surface area contributed by atoms with Crippen LogP contribution >= 0.6 is 0 Å². The van der Waals surface area contributed by atoms with Gasteiger partial charge in [0.25, 0.3) is 5.91 Å². The fourth-order valence-electron chi connectivity index (χ4n) is 4.01. The van der Waals surface area contributed by atoms with Crippen LogP contribution in [-0.2, 0) is 4.74 Å². The number of hydrogen-bond acceptors (Lipinski definition) is 5. The van der Waals surface area contributed by atoms with Crippen LogP contribution in [0.5, 0.6) is 0 Å². The van der Waals surface area contributed by atoms with E-state index in [4.69, 9.17) is 4.74 Å². The van der Waals surface area contributed by atoms with Crippen LogP contribution in [0, 0.1) is 5.41 Å². The van der Waals surface area contributed by atoms with Crippen molar-refractivity contribution in [3.05, 3.63) is 23.9 Å². The third-order valence-corrected chi connectivity index (χ3v) is 5.68. The molecule has 2 N–H and O–H groups in total. The molecule has 0 atom stereocenters. The standard InChI is InChI=1S/C20H32N4O2/c1-26-16-20(8-10-21-11-9-20)15-23-19(25)17-6-7-18(22-14-17)24-12-4-2-3-5-13-24/h6-7,14,21H,2-5,8-13,15-16H2,1H3,(H,23,25). The predicted molar refractivity (Wildman–Crippen MR) is 104 cm³/mol. The second-order valence-corrected chi connectivity index (χ2v) is 7.67. The molecule has 0 bridgehead atoms. The Morgan fingerprint density at radius 3 is 2.58 bits per heavy atom. The number of aromatic nitrogens is 1. The van der Waals surface area contributed by atoms with Crippen molar-refractivity contribution < 1.29 is 9.53 Å². The molecule has 0 unspecified atom stereocenters. The van der Waals surface area contributed by atoms with E-state index in [1.165, 1.54) is 25.7 Å². The van der Waals surface area contributed by atoms with Gasteiger partial charge in [-0.25, -0.2) is 4.98 Å². The number of methoxy groups -OCH3 is 1. The number of rotatable bonds is 6. The summed E-state index contributed by atoms with van der Waals surface area (Å²) in [4.78, 5) is 19.4. The number of pyridine rings is 1. The van der Waals surface area contributed by atoms with E-state index in [2.05, 4.69) is 20.5 Å². The van der Waals surface area contributed by atoms with E-state index >= 15 is 0 Å². The Kier molecular flexibility index (Phi) is 6.86. The Bertz CT molecular complexity index is 556. The summed E-state index contributed by atoms with van der Waals surface area (Å²) in [6.45, 7) is 5.41. The van der Waals surface area contributed by atoms with Crippen molar-refractivity contribution in [2.24, 2.45) is 5.41 Å². The third-order valence-electron chi connectivity index (χ3n) is 5.68. The number of carbonyl (C=O) groups excluding carboxylic acids is 1. The van der Waals surface area contributed by atoms with Crippen LogP contribution in [-0.4, -0.2) is 57.3 Å². The summed E-state index contributed by atoms with van der Waals surface area (Å²) in [5.74, 6) is 0.937. The van der Waals surface area contributed by atoms with Gasteiger partial charge in [0.2, 0.25) is 0 Å². The molecule has 0 spiro atoms. The van der Waals surface area contributed by atoms with Gasteiger partial charge in [-0.2, -0.15) is 0 Å². The zero-order chi connectivity index (χ0) is 18.2. The lowest BCUT2D eigenvalue weighted by molar-refractivity contribution is 0.0511. The van der Waals surface area contributed by atoms with E-state index < -0.39 is 0 Å². The van der Waals surface area contributed by atoms with Gasteiger partial charge in [-0.3, -0.25) is 4.79 Å². The summed E-state index contributed by atoms with van der Waals surface area (Å²) in [5, 5.41) is 6.48. The number of piperidine rings is 1. The first-order valence-corrected chi connectivity index (χ1v) is 9.91. The fourth-order valence-corrected chi connectivity index (χ4v) is 4.01. The Labute approximate surface area is 156 Å². The molecule has 0 aliphatic carbocycles. The molecule has 0 saturated carbocycles. The molecule has 1 aromatic rings. The summed E-state index contributed by atoms with van der Waals surface area (Å²) >= 11 is 0. The van der Waals surface area contributed by atoms with Gasteiger partial charge in [-0.15, -0.1) is 0 Å². The van der Waals surface area contributed by atoms with Gasteiger partial charge in [0, 0.05) is 38.4 Å². The molecule has 1 amide bonds. The second-order valence-electron chi connectivity index (χ2n) is 7.67. The molecule has 26 heavy (non-hydrogen) atoms. The minimum absolute atomic E-state index is 0.0368. The zero-order valence-electron chi connectivity index (χ0n) is 15.9. The molecule has 6 heteroatoms. The van der Waals surface area contributed by atoms with Crippen molar-refractivity contribution in [1.82, 2.24) is 15.6 Å². The molecular formula is C20H32N4O2. The highest BCUT2D eigenvalue weighted by Crippen LogP contribution is 2.28. The Hall–Kier alpha value is -1.66. The van der Waals surface area contributed by atoms with Crippen molar-refractivity contribution in [3.8, 4) is 0 Å². The van der Waals surface area contributed by atoms with E-state index in [9.17, 15) is 4.79 Å². The predicted octanol–water partition coefficient (Wildman–Crippen LogP) is 2.21. The van der Waals surface area contributed by atoms with Crippen LogP contribution in [0.4, 0.5) is 5.82 Å². The number of anilines is 1. The first kappa shape index (κ1) is 19.1. The average Bonchev–Trinajstić information content (AvgIpc) is 2.97. The maximum absolute atomic E-state index is 12.6. The van der Waals surface area contributed by atoms with Gasteiger partial charge < -0.3 is 20.3 Å². The number of carbonyl (C=O) groups is 1. The van der Waals surface area contributed by atoms with Crippen LogP contribution in [0.2, 0.25) is 0 Å². The highest BCUT2D eigenvalue weighted by Gasteiger charge is 2.32. The summed E-state index contributed by atoms with van der Waals surface area (Å²) in [6.07, 6.45) is 8.80. The Morgan fingerprint density at radius 2 is 1.96 bits per heavy atom. The molecular weight excluding hydrogens is 328 g/mol. The molecule has 1 aromatic heterocycles. The molecule has 2 fully saturated rings. The lowest BCUT2D eigenvalue weighted by Crippen LogP contribution is -2.47. The summed E-state index contributed by atoms with van der Waals surface area (Å²) in [5.41, 5.74) is 0.666. The molecule has 0 radical (unpaired) electrons. The van der Waals surface area contributed by atoms with Crippen molar-refractivity contribution >= 4 is 11.7 Å². The largest absolute Gasteiger partial charge is 0.384 e. The normalized spacial score (nSPS) is 20.4. The van der Waals surface area contributed by atoms with Gasteiger partial charge in [-0.05, 0) is 50.9 Å². The average molecular weight is 361 g/mol. The number of hydrogen-bond donors (Lipinski definition) is 2. The van der Waals surface area contributed by atoms with Crippen LogP contribution in [0.15, 0.2) is 18.3 Å². The molecule has 2 aliphatic rings. The maximum Gasteiger partial charge on any atom is 0.252 e. The van der Waals surface area contributed by atoms with Crippen LogP contribution in [0.1, 0.15) is 48.9 Å². The first-order chi connectivity index (χ1) is 12.7. The number of ether oxygens (including phenoxy) is 1. The lowest BCUT2D eigenvalue weighted by atomic mass is 9.79. The van der Waals surface area contributed by atoms with Crippen LogP contribution in [0.25, 0.3) is 0 Å². The third kappa shape index (κ3) is 4.95. The van der Waals surface area contributed by atoms with E-state index in [1.807, 2.05) is 12.1 Å². The van der Waals surface area contributed by atoms with Gasteiger partial charge in [-0.1, -0.05) is 12.8 Å². The highest BCUT2D eigenvalue weighted by molar-refractivity contribution is 5.94. The Balaban J connectivity index is 1.57. The molecule has 144 valence electrons. The molecule has 0 aromatic carbocycles. The van der Waals surface area contributed by atoms with Crippen molar-refractivity contribution in [2.45, 2.75) is 38.5 Å². The molecule has 3 rings (SSSR count). The monoisotopic (exact) mass is 360 g/mol. The van der Waals surface area contributed by atoms with Crippen molar-refractivity contribution in [1.29, 1.82) is 0 Å². The van der Waals surface area contributed by atoms with Crippen molar-refractivity contribution in [2.75, 3.05) is 51.3 Å². The minimum atomic E-state index is -0.0473. The van der Waals surface area contributed by atoms with E-state index in [0.29, 0.717) is 18.7 Å². The lowest BCUT2D eigenvalue weighted by Gasteiger charge is -2.37. The van der Waals surface area contributed by atoms with Crippen LogP contribution < -0.4 is 15.5 Å². The number of nitrogens with zero attached hydrogens (tertiary/aromatic N) is 2. The summed E-state index contributed by atoms with van der Waals surface area (Å²) < 4.78 is 5.42.